The van der Waals surface area contributed by atoms with Gasteiger partial charge >= 0.3 is 0 Å². The Balaban J connectivity index is 2.15. The largest absolute Gasteiger partial charge is 0.356 e. The van der Waals surface area contributed by atoms with E-state index in [-0.39, 0.29) is 0 Å². The molecule has 0 aromatic carbocycles. The molecule has 1 fully saturated rings. The third kappa shape index (κ3) is 2.96. The highest BCUT2D eigenvalue weighted by atomic mass is 15.3. The fourth-order valence-electron chi connectivity index (χ4n) is 2.72. The molecule has 1 aromatic rings. The Hall–Kier alpha value is -1.40. The van der Waals surface area contributed by atoms with Crippen molar-refractivity contribution in [2.24, 2.45) is 5.84 Å². The molecule has 0 radical (unpaired) electrons. The highest BCUT2D eigenvalue weighted by Crippen LogP contribution is 2.26. The van der Waals surface area contributed by atoms with Crippen molar-refractivity contribution in [3.8, 4) is 0 Å². The number of piperidine rings is 1. The van der Waals surface area contributed by atoms with Crippen molar-refractivity contribution in [2.75, 3.05) is 37.5 Å². The Morgan fingerprint density at radius 1 is 1.37 bits per heavy atom. The van der Waals surface area contributed by atoms with Crippen molar-refractivity contribution in [3.05, 3.63) is 11.9 Å². The number of hydrogen-bond acceptors (Lipinski definition) is 6. The van der Waals surface area contributed by atoms with Crippen LogP contribution >= 0.6 is 0 Å². The van der Waals surface area contributed by atoms with E-state index in [1.807, 2.05) is 0 Å². The molecule has 6 nitrogen and oxygen atoms in total. The highest BCUT2D eigenvalue weighted by Gasteiger charge is 2.23. The fourth-order valence-corrected chi connectivity index (χ4v) is 2.72. The Morgan fingerprint density at radius 3 is 2.58 bits per heavy atom. The van der Waals surface area contributed by atoms with Gasteiger partial charge in [0.1, 0.15) is 18.0 Å². The van der Waals surface area contributed by atoms with E-state index in [0.29, 0.717) is 6.04 Å². The van der Waals surface area contributed by atoms with E-state index in [2.05, 4.69) is 46.2 Å². The molecule has 6 heteroatoms. The summed E-state index contributed by atoms with van der Waals surface area (Å²) in [5, 5.41) is 0. The molecule has 0 atom stereocenters. The molecule has 3 N–H and O–H groups in total. The van der Waals surface area contributed by atoms with Gasteiger partial charge in [-0.05, 0) is 33.4 Å². The van der Waals surface area contributed by atoms with Gasteiger partial charge in [-0.2, -0.15) is 0 Å². The minimum absolute atomic E-state index is 0.676. The molecular formula is C13H24N6. The van der Waals surface area contributed by atoms with Gasteiger partial charge in [-0.1, -0.05) is 6.92 Å². The first-order valence-corrected chi connectivity index (χ1v) is 6.89. The molecule has 2 rings (SSSR count). The first-order chi connectivity index (χ1) is 9.17. The lowest BCUT2D eigenvalue weighted by Gasteiger charge is -2.36. The van der Waals surface area contributed by atoms with E-state index >= 15 is 0 Å². The molecule has 1 aliphatic heterocycles. The van der Waals surface area contributed by atoms with Crippen molar-refractivity contribution in [1.29, 1.82) is 0 Å². The zero-order chi connectivity index (χ0) is 13.8. The van der Waals surface area contributed by atoms with Gasteiger partial charge in [0.05, 0.1) is 0 Å². The van der Waals surface area contributed by atoms with E-state index in [0.717, 1.165) is 36.7 Å². The average Bonchev–Trinajstić information content (AvgIpc) is 2.46. The second kappa shape index (κ2) is 6.16. The minimum atomic E-state index is 0.676. The molecule has 1 aliphatic rings. The number of aromatic nitrogens is 2. The maximum atomic E-state index is 5.52. The summed E-state index contributed by atoms with van der Waals surface area (Å²) in [6.07, 6.45) is 4.81. The van der Waals surface area contributed by atoms with Crippen LogP contribution in [0.25, 0.3) is 0 Å². The quantitative estimate of drug-likeness (QED) is 0.621. The molecule has 106 valence electrons. The molecule has 0 amide bonds. The van der Waals surface area contributed by atoms with Crippen LogP contribution < -0.4 is 16.2 Å². The van der Waals surface area contributed by atoms with Crippen molar-refractivity contribution < 1.29 is 0 Å². The van der Waals surface area contributed by atoms with Crippen LogP contribution in [0.1, 0.15) is 25.3 Å². The molecule has 0 unspecified atom stereocenters. The van der Waals surface area contributed by atoms with E-state index < -0.39 is 0 Å². The van der Waals surface area contributed by atoms with Gasteiger partial charge in [-0.15, -0.1) is 0 Å². The van der Waals surface area contributed by atoms with Crippen LogP contribution in [0.3, 0.4) is 0 Å². The van der Waals surface area contributed by atoms with Crippen LogP contribution in [-0.4, -0.2) is 48.1 Å². The summed E-state index contributed by atoms with van der Waals surface area (Å²) in [4.78, 5) is 13.3. The smallest absolute Gasteiger partial charge is 0.148 e. The maximum Gasteiger partial charge on any atom is 0.148 e. The molecule has 0 aliphatic carbocycles. The van der Waals surface area contributed by atoms with Crippen LogP contribution in [0.5, 0.6) is 0 Å². The summed E-state index contributed by atoms with van der Waals surface area (Å²) in [6.45, 7) is 4.18. The van der Waals surface area contributed by atoms with E-state index in [9.17, 15) is 0 Å². The fraction of sp³-hybridized carbons (Fsp3) is 0.692. The Bertz CT molecular complexity index is 412. The predicted octanol–water partition coefficient (Wildman–Crippen LogP) is 0.855. The number of nitrogens with one attached hydrogen (secondary N) is 1. The van der Waals surface area contributed by atoms with Gasteiger partial charge < -0.3 is 15.2 Å². The van der Waals surface area contributed by atoms with E-state index in [1.54, 1.807) is 6.33 Å². The number of nitrogen functional groups attached to an aromatic ring is 1. The van der Waals surface area contributed by atoms with Gasteiger partial charge in [0.15, 0.2) is 0 Å². The second-order valence-corrected chi connectivity index (χ2v) is 5.20. The zero-order valence-electron chi connectivity index (χ0n) is 12.1. The lowest BCUT2D eigenvalue weighted by Crippen LogP contribution is -2.42. The Labute approximate surface area is 115 Å². The number of rotatable bonds is 4. The third-order valence-corrected chi connectivity index (χ3v) is 3.91. The molecule has 2 heterocycles. The number of hydrazine groups is 1. The van der Waals surface area contributed by atoms with Crippen LogP contribution in [0, 0.1) is 0 Å². The maximum absolute atomic E-state index is 5.52. The summed E-state index contributed by atoms with van der Waals surface area (Å²) in [5.41, 5.74) is 3.77. The Morgan fingerprint density at radius 2 is 2.05 bits per heavy atom. The lowest BCUT2D eigenvalue weighted by molar-refractivity contribution is 0.249. The summed E-state index contributed by atoms with van der Waals surface area (Å²) < 4.78 is 0. The standard InChI is InChI=1S/C13H24N6/c1-4-11-12(17-14)15-9-16-13(11)19-7-5-10(6-8-19)18(2)3/h9-10H,4-8,14H2,1-3H3,(H,15,16,17). The zero-order valence-corrected chi connectivity index (χ0v) is 12.1. The molecule has 19 heavy (non-hydrogen) atoms. The minimum Gasteiger partial charge on any atom is -0.356 e. The van der Waals surface area contributed by atoms with Gasteiger partial charge in [0, 0.05) is 24.7 Å². The lowest BCUT2D eigenvalue weighted by atomic mass is 10.0. The predicted molar refractivity (Wildman–Crippen MR) is 78.1 cm³/mol. The van der Waals surface area contributed by atoms with Crippen molar-refractivity contribution in [1.82, 2.24) is 14.9 Å². The van der Waals surface area contributed by atoms with Crippen LogP contribution in [0.2, 0.25) is 0 Å². The highest BCUT2D eigenvalue weighted by molar-refractivity contribution is 5.58. The topological polar surface area (TPSA) is 70.3 Å². The number of anilines is 2. The normalized spacial score (nSPS) is 17.0. The molecule has 1 aromatic heterocycles. The number of nitrogens with zero attached hydrogens (tertiary/aromatic N) is 4. The summed E-state index contributed by atoms with van der Waals surface area (Å²) >= 11 is 0. The van der Waals surface area contributed by atoms with Crippen LogP contribution in [0.15, 0.2) is 6.33 Å². The number of nitrogens with two attached hydrogens (primary N) is 1. The van der Waals surface area contributed by atoms with E-state index in [4.69, 9.17) is 5.84 Å². The van der Waals surface area contributed by atoms with Gasteiger partial charge in [-0.25, -0.2) is 15.8 Å². The van der Waals surface area contributed by atoms with Crippen LogP contribution in [-0.2, 0) is 6.42 Å². The molecule has 1 saturated heterocycles. The first-order valence-electron chi connectivity index (χ1n) is 6.89. The summed E-state index contributed by atoms with van der Waals surface area (Å²) in [6, 6.07) is 0.676. The monoisotopic (exact) mass is 264 g/mol. The van der Waals surface area contributed by atoms with Crippen molar-refractivity contribution >= 4 is 11.6 Å². The van der Waals surface area contributed by atoms with Crippen LogP contribution in [0.4, 0.5) is 11.6 Å². The van der Waals surface area contributed by atoms with E-state index in [1.165, 1.54) is 12.8 Å². The average molecular weight is 264 g/mol. The number of hydrogen-bond donors (Lipinski definition) is 2. The SMILES string of the molecule is CCc1c(NN)ncnc1N1CCC(N(C)C)CC1. The Kier molecular flexibility index (Phi) is 4.55. The summed E-state index contributed by atoms with van der Waals surface area (Å²) in [7, 11) is 4.30. The van der Waals surface area contributed by atoms with Gasteiger partial charge in [0.25, 0.3) is 0 Å². The molecule has 0 bridgehead atoms. The van der Waals surface area contributed by atoms with Crippen molar-refractivity contribution in [3.63, 3.8) is 0 Å². The van der Waals surface area contributed by atoms with Crippen molar-refractivity contribution in [2.45, 2.75) is 32.2 Å². The second-order valence-electron chi connectivity index (χ2n) is 5.20. The molecule has 0 spiro atoms. The van der Waals surface area contributed by atoms with Gasteiger partial charge in [-0.3, -0.25) is 0 Å². The molecular weight excluding hydrogens is 240 g/mol. The third-order valence-electron chi connectivity index (χ3n) is 3.91. The first kappa shape index (κ1) is 14.0. The summed E-state index contributed by atoms with van der Waals surface area (Å²) in [5.74, 6) is 7.29. The van der Waals surface area contributed by atoms with Gasteiger partial charge in [0.2, 0.25) is 0 Å². The molecule has 0 saturated carbocycles.